The van der Waals surface area contributed by atoms with Crippen LogP contribution in [-0.2, 0) is 26.2 Å². The number of nitrogens with one attached hydrogen (secondary N) is 1. The molecule has 2 unspecified atom stereocenters. The van der Waals surface area contributed by atoms with Crippen molar-refractivity contribution < 1.29 is 19.4 Å². The molecule has 3 atom stereocenters. The van der Waals surface area contributed by atoms with Crippen LogP contribution >= 0.6 is 23.2 Å². The fourth-order valence-corrected chi connectivity index (χ4v) is 6.39. The van der Waals surface area contributed by atoms with Crippen LogP contribution in [0.3, 0.4) is 0 Å². The molecule has 0 spiro atoms. The lowest BCUT2D eigenvalue weighted by molar-refractivity contribution is -0.186. The standard InChI is InChI=1S/C28H32Cl2N2O4/c1-3-12-32-13-11-27(21-5-4-6-23(34)16-21)17-22(9-10-28(27,18-32)36-19(2)33)31-26(35)15-20-7-8-24(29)25(30)14-20/h3-8,14,16,22,34H,1,9-13,15,17-18H2,2H3,(H,31,35)/t22-,27?,28?/m1/s1. The molecule has 1 saturated carbocycles. The molecular formula is C28H32Cl2N2O4. The molecule has 0 bridgehead atoms. The molecule has 8 heteroatoms. The number of phenols is 1. The summed E-state index contributed by atoms with van der Waals surface area (Å²) in [7, 11) is 0. The first kappa shape index (κ1) is 26.5. The first-order chi connectivity index (χ1) is 17.2. The van der Waals surface area contributed by atoms with Crippen molar-refractivity contribution in [2.75, 3.05) is 19.6 Å². The fourth-order valence-electron chi connectivity index (χ4n) is 6.07. The van der Waals surface area contributed by atoms with E-state index >= 15 is 0 Å². The van der Waals surface area contributed by atoms with Crippen molar-refractivity contribution in [2.45, 2.75) is 56.1 Å². The molecule has 4 rings (SSSR count). The van der Waals surface area contributed by atoms with Gasteiger partial charge in [-0.1, -0.05) is 47.5 Å². The minimum absolute atomic E-state index is 0.103. The minimum atomic E-state index is -0.779. The Kier molecular flexibility index (Phi) is 7.98. The van der Waals surface area contributed by atoms with Crippen LogP contribution in [0.15, 0.2) is 55.1 Å². The van der Waals surface area contributed by atoms with Crippen molar-refractivity contribution in [2.24, 2.45) is 0 Å². The monoisotopic (exact) mass is 530 g/mol. The second-order valence-electron chi connectivity index (χ2n) is 9.93. The van der Waals surface area contributed by atoms with Gasteiger partial charge in [-0.2, -0.15) is 0 Å². The molecule has 2 fully saturated rings. The van der Waals surface area contributed by atoms with Crippen LogP contribution in [0.4, 0.5) is 0 Å². The number of nitrogens with zero attached hydrogens (tertiary/aromatic N) is 1. The van der Waals surface area contributed by atoms with E-state index in [1.165, 1.54) is 6.92 Å². The van der Waals surface area contributed by atoms with Gasteiger partial charge in [-0.25, -0.2) is 0 Å². The first-order valence-electron chi connectivity index (χ1n) is 12.2. The van der Waals surface area contributed by atoms with Gasteiger partial charge in [0.05, 0.1) is 16.5 Å². The summed E-state index contributed by atoms with van der Waals surface area (Å²) in [5.41, 5.74) is 0.367. The number of amides is 1. The largest absolute Gasteiger partial charge is 0.508 e. The normalized spacial score (nSPS) is 26.0. The lowest BCUT2D eigenvalue weighted by atomic mass is 9.55. The van der Waals surface area contributed by atoms with E-state index in [2.05, 4.69) is 16.8 Å². The molecule has 36 heavy (non-hydrogen) atoms. The van der Waals surface area contributed by atoms with Gasteiger partial charge in [0, 0.05) is 31.5 Å². The van der Waals surface area contributed by atoms with Crippen LogP contribution in [-0.4, -0.2) is 53.2 Å². The van der Waals surface area contributed by atoms with Crippen LogP contribution in [0, 0.1) is 0 Å². The number of carbonyl (C=O) groups excluding carboxylic acids is 2. The molecule has 2 aliphatic rings. The summed E-state index contributed by atoms with van der Waals surface area (Å²) in [5, 5.41) is 14.4. The van der Waals surface area contributed by atoms with Gasteiger partial charge in [-0.05, 0) is 67.6 Å². The van der Waals surface area contributed by atoms with Crippen LogP contribution in [0.5, 0.6) is 5.75 Å². The van der Waals surface area contributed by atoms with Gasteiger partial charge in [-0.15, -0.1) is 6.58 Å². The summed E-state index contributed by atoms with van der Waals surface area (Å²) in [6, 6.07) is 12.3. The van der Waals surface area contributed by atoms with Crippen molar-refractivity contribution in [1.29, 1.82) is 0 Å². The summed E-state index contributed by atoms with van der Waals surface area (Å²) >= 11 is 12.1. The molecule has 1 aliphatic heterocycles. The Balaban J connectivity index is 1.63. The van der Waals surface area contributed by atoms with E-state index in [1.807, 2.05) is 18.2 Å². The highest BCUT2D eigenvalue weighted by Crippen LogP contribution is 2.54. The summed E-state index contributed by atoms with van der Waals surface area (Å²) in [6.45, 7) is 7.37. The van der Waals surface area contributed by atoms with Gasteiger partial charge < -0.3 is 15.2 Å². The van der Waals surface area contributed by atoms with Crippen LogP contribution in [0.2, 0.25) is 10.0 Å². The maximum absolute atomic E-state index is 13.0. The van der Waals surface area contributed by atoms with E-state index in [-0.39, 0.29) is 30.1 Å². The average Bonchev–Trinajstić information content (AvgIpc) is 2.81. The maximum Gasteiger partial charge on any atom is 0.303 e. The number of carbonyl (C=O) groups is 2. The summed E-state index contributed by atoms with van der Waals surface area (Å²) in [4.78, 5) is 27.6. The Labute approximate surface area is 222 Å². The van der Waals surface area contributed by atoms with E-state index in [0.717, 1.165) is 24.1 Å². The Morgan fingerprint density at radius 1 is 1.22 bits per heavy atom. The zero-order valence-electron chi connectivity index (χ0n) is 20.4. The lowest BCUT2D eigenvalue weighted by Gasteiger charge is -2.59. The molecule has 1 heterocycles. The number of benzene rings is 2. The highest BCUT2D eigenvalue weighted by Gasteiger charge is 2.60. The number of ether oxygens (including phenoxy) is 1. The number of likely N-dealkylation sites (tertiary alicyclic amines) is 1. The number of piperidine rings is 1. The van der Waals surface area contributed by atoms with E-state index < -0.39 is 11.0 Å². The Morgan fingerprint density at radius 2 is 2.03 bits per heavy atom. The van der Waals surface area contributed by atoms with Crippen molar-refractivity contribution in [3.8, 4) is 5.75 Å². The van der Waals surface area contributed by atoms with E-state index in [4.69, 9.17) is 27.9 Å². The third-order valence-electron chi connectivity index (χ3n) is 7.54. The third-order valence-corrected chi connectivity index (χ3v) is 8.28. The number of fused-ring (bicyclic) bond motifs is 1. The van der Waals surface area contributed by atoms with E-state index in [9.17, 15) is 14.7 Å². The molecule has 192 valence electrons. The van der Waals surface area contributed by atoms with Gasteiger partial charge in [0.25, 0.3) is 0 Å². The maximum atomic E-state index is 13.0. The first-order valence-corrected chi connectivity index (χ1v) is 13.0. The Bertz CT molecular complexity index is 1160. The smallest absolute Gasteiger partial charge is 0.303 e. The molecule has 2 aromatic rings. The van der Waals surface area contributed by atoms with Gasteiger partial charge in [0.1, 0.15) is 11.4 Å². The van der Waals surface area contributed by atoms with Crippen LogP contribution in [0.25, 0.3) is 0 Å². The van der Waals surface area contributed by atoms with E-state index in [0.29, 0.717) is 42.4 Å². The second-order valence-corrected chi connectivity index (χ2v) is 10.7. The van der Waals surface area contributed by atoms with Crippen LogP contribution in [0.1, 0.15) is 43.7 Å². The Hall–Kier alpha value is -2.54. The van der Waals surface area contributed by atoms with Crippen molar-refractivity contribution >= 4 is 35.1 Å². The number of hydrogen-bond acceptors (Lipinski definition) is 5. The molecule has 2 aromatic carbocycles. The summed E-state index contributed by atoms with van der Waals surface area (Å²) in [6.07, 6.45) is 4.62. The number of halogens is 2. The third kappa shape index (κ3) is 5.41. The predicted molar refractivity (Wildman–Crippen MR) is 141 cm³/mol. The zero-order chi connectivity index (χ0) is 25.9. The number of phenolic OH excluding ortho intramolecular Hbond substituents is 1. The molecule has 6 nitrogen and oxygen atoms in total. The van der Waals surface area contributed by atoms with Crippen molar-refractivity contribution in [3.63, 3.8) is 0 Å². The van der Waals surface area contributed by atoms with Gasteiger partial charge in [-0.3, -0.25) is 14.5 Å². The van der Waals surface area contributed by atoms with Crippen molar-refractivity contribution in [3.05, 3.63) is 76.3 Å². The number of aromatic hydroxyl groups is 1. The number of esters is 1. The van der Waals surface area contributed by atoms with Gasteiger partial charge in [0.15, 0.2) is 0 Å². The number of hydrogen-bond donors (Lipinski definition) is 2. The second kappa shape index (κ2) is 10.8. The zero-order valence-corrected chi connectivity index (χ0v) is 21.9. The lowest BCUT2D eigenvalue weighted by Crippen LogP contribution is -2.68. The average molecular weight is 531 g/mol. The quantitative estimate of drug-likeness (QED) is 0.387. The van der Waals surface area contributed by atoms with Crippen molar-refractivity contribution in [1.82, 2.24) is 10.2 Å². The van der Waals surface area contributed by atoms with Gasteiger partial charge in [0.2, 0.25) is 5.91 Å². The molecule has 1 amide bonds. The molecule has 2 N–H and O–H groups in total. The molecule has 1 aliphatic carbocycles. The molecule has 0 aromatic heterocycles. The molecular weight excluding hydrogens is 499 g/mol. The van der Waals surface area contributed by atoms with Crippen LogP contribution < -0.4 is 5.32 Å². The van der Waals surface area contributed by atoms with Gasteiger partial charge >= 0.3 is 5.97 Å². The summed E-state index contributed by atoms with van der Waals surface area (Å²) in [5.74, 6) is -0.270. The predicted octanol–water partition coefficient (Wildman–Crippen LogP) is 5.04. The Morgan fingerprint density at radius 3 is 2.72 bits per heavy atom. The summed E-state index contributed by atoms with van der Waals surface area (Å²) < 4.78 is 6.19. The fraction of sp³-hybridized carbons (Fsp3) is 0.429. The number of rotatable bonds is 7. The van der Waals surface area contributed by atoms with E-state index in [1.54, 1.807) is 30.3 Å². The topological polar surface area (TPSA) is 78.9 Å². The highest BCUT2D eigenvalue weighted by atomic mass is 35.5. The SMILES string of the molecule is C=CCN1CCC2(c3cccc(O)c3)C[C@H](NC(=O)Cc3ccc(Cl)c(Cl)c3)CCC2(OC(C)=O)C1. The highest BCUT2D eigenvalue weighted by molar-refractivity contribution is 6.42. The molecule has 0 radical (unpaired) electrons. The molecule has 1 saturated heterocycles. The minimum Gasteiger partial charge on any atom is -0.508 e.